The summed E-state index contributed by atoms with van der Waals surface area (Å²) in [5, 5.41) is 6.89. The molecular weight excluding hydrogens is 397 g/mol. The minimum Gasteiger partial charge on any atom is -0.449 e. The number of ether oxygens (including phenoxy) is 1. The molecule has 0 bridgehead atoms. The van der Waals surface area contributed by atoms with Crippen molar-refractivity contribution >= 4 is 29.2 Å². The summed E-state index contributed by atoms with van der Waals surface area (Å²) in [6.07, 6.45) is -1.12. The monoisotopic (exact) mass is 415 g/mol. The van der Waals surface area contributed by atoms with Gasteiger partial charge in [0.15, 0.2) is 6.10 Å². The lowest BCUT2D eigenvalue weighted by atomic mass is 10.2. The minimum atomic E-state index is -1.12. The first-order chi connectivity index (χ1) is 13.8. The number of halogens is 2. The van der Waals surface area contributed by atoms with Crippen LogP contribution in [0.4, 0.5) is 10.1 Å². The second-order valence-electron chi connectivity index (χ2n) is 6.50. The van der Waals surface area contributed by atoms with Crippen molar-refractivity contribution in [3.8, 4) is 5.69 Å². The van der Waals surface area contributed by atoms with Crippen molar-refractivity contribution in [1.29, 1.82) is 0 Å². The molecule has 0 radical (unpaired) electrons. The zero-order valence-corrected chi connectivity index (χ0v) is 16.8. The van der Waals surface area contributed by atoms with Crippen LogP contribution >= 0.6 is 11.6 Å². The molecule has 0 aliphatic carbocycles. The molecule has 0 saturated heterocycles. The van der Waals surface area contributed by atoms with Gasteiger partial charge in [-0.25, -0.2) is 13.9 Å². The van der Waals surface area contributed by atoms with E-state index in [0.717, 1.165) is 0 Å². The van der Waals surface area contributed by atoms with Gasteiger partial charge in [-0.3, -0.25) is 4.79 Å². The van der Waals surface area contributed by atoms with Gasteiger partial charge < -0.3 is 10.1 Å². The topological polar surface area (TPSA) is 73.2 Å². The van der Waals surface area contributed by atoms with E-state index in [4.69, 9.17) is 16.3 Å². The molecule has 0 aliphatic heterocycles. The van der Waals surface area contributed by atoms with Crippen LogP contribution in [0.1, 0.15) is 28.5 Å². The van der Waals surface area contributed by atoms with Gasteiger partial charge in [0.2, 0.25) is 0 Å². The van der Waals surface area contributed by atoms with E-state index in [1.807, 2.05) is 18.2 Å². The van der Waals surface area contributed by atoms with Crippen LogP contribution in [0.5, 0.6) is 0 Å². The second kappa shape index (κ2) is 8.45. The standard InChI is InChI=1S/C21H19ClFN3O3/c1-12-9-10-15(11-17(12)23)24-20(27)14(3)29-21(28)18-13(2)25-26(19(18)22)16-7-5-4-6-8-16/h4-11,14H,1-3H3,(H,24,27). The number of amides is 1. The maximum absolute atomic E-state index is 13.6. The van der Waals surface area contributed by atoms with Crippen LogP contribution in [-0.4, -0.2) is 27.8 Å². The van der Waals surface area contributed by atoms with Crippen molar-refractivity contribution in [3.63, 3.8) is 0 Å². The smallest absolute Gasteiger partial charge is 0.344 e. The van der Waals surface area contributed by atoms with E-state index in [1.54, 1.807) is 38.1 Å². The third-order valence-corrected chi connectivity index (χ3v) is 4.65. The molecule has 6 nitrogen and oxygen atoms in total. The number of aromatic nitrogens is 2. The third-order valence-electron chi connectivity index (χ3n) is 4.30. The van der Waals surface area contributed by atoms with Crippen molar-refractivity contribution < 1.29 is 18.7 Å². The van der Waals surface area contributed by atoms with Gasteiger partial charge in [-0.1, -0.05) is 35.9 Å². The maximum Gasteiger partial charge on any atom is 0.344 e. The van der Waals surface area contributed by atoms with E-state index in [0.29, 0.717) is 16.9 Å². The summed E-state index contributed by atoms with van der Waals surface area (Å²) in [4.78, 5) is 24.9. The summed E-state index contributed by atoms with van der Waals surface area (Å²) in [6, 6.07) is 13.4. The number of nitrogens with zero attached hydrogens (tertiary/aromatic N) is 2. The van der Waals surface area contributed by atoms with Crippen molar-refractivity contribution in [2.75, 3.05) is 5.32 Å². The molecule has 8 heteroatoms. The normalized spacial score (nSPS) is 11.8. The minimum absolute atomic E-state index is 0.0801. The average Bonchev–Trinajstić information content (AvgIpc) is 2.99. The highest BCUT2D eigenvalue weighted by Crippen LogP contribution is 2.24. The molecule has 1 amide bonds. The molecular formula is C21H19ClFN3O3. The van der Waals surface area contributed by atoms with Crippen LogP contribution in [-0.2, 0) is 9.53 Å². The number of anilines is 1. The Morgan fingerprint density at radius 3 is 2.52 bits per heavy atom. The number of nitrogens with one attached hydrogen (secondary N) is 1. The molecule has 0 aliphatic rings. The highest BCUT2D eigenvalue weighted by atomic mass is 35.5. The van der Waals surface area contributed by atoms with E-state index in [1.165, 1.54) is 17.7 Å². The summed E-state index contributed by atoms with van der Waals surface area (Å²) in [5.41, 5.74) is 1.87. The molecule has 3 aromatic rings. The Bertz CT molecular complexity index is 1070. The van der Waals surface area contributed by atoms with Gasteiger partial charge in [-0.2, -0.15) is 5.10 Å². The Morgan fingerprint density at radius 2 is 1.86 bits per heavy atom. The molecule has 1 heterocycles. The highest BCUT2D eigenvalue weighted by Gasteiger charge is 2.26. The lowest BCUT2D eigenvalue weighted by molar-refractivity contribution is -0.123. The fourth-order valence-electron chi connectivity index (χ4n) is 2.66. The molecule has 29 heavy (non-hydrogen) atoms. The van der Waals surface area contributed by atoms with Crippen molar-refractivity contribution in [3.05, 3.63) is 76.3 Å². The molecule has 1 atom stereocenters. The zero-order chi connectivity index (χ0) is 21.1. The zero-order valence-electron chi connectivity index (χ0n) is 16.1. The fourth-order valence-corrected chi connectivity index (χ4v) is 3.01. The largest absolute Gasteiger partial charge is 0.449 e. The number of rotatable bonds is 5. The van der Waals surface area contributed by atoms with E-state index >= 15 is 0 Å². The fraction of sp³-hybridized carbons (Fsp3) is 0.190. The van der Waals surface area contributed by atoms with Crippen molar-refractivity contribution in [2.45, 2.75) is 26.9 Å². The highest BCUT2D eigenvalue weighted by molar-refractivity contribution is 6.33. The number of benzene rings is 2. The first-order valence-corrected chi connectivity index (χ1v) is 9.24. The van der Waals surface area contributed by atoms with Gasteiger partial charge in [0.1, 0.15) is 16.5 Å². The average molecular weight is 416 g/mol. The molecule has 150 valence electrons. The summed E-state index contributed by atoms with van der Waals surface area (Å²) in [6.45, 7) is 4.66. The number of carbonyl (C=O) groups is 2. The van der Waals surface area contributed by atoms with Gasteiger partial charge in [0, 0.05) is 5.69 Å². The summed E-state index contributed by atoms with van der Waals surface area (Å²) in [7, 11) is 0. The molecule has 3 rings (SSSR count). The van der Waals surface area contributed by atoms with Gasteiger partial charge in [-0.05, 0) is 50.6 Å². The number of hydrogen-bond acceptors (Lipinski definition) is 4. The summed E-state index contributed by atoms with van der Waals surface area (Å²) >= 11 is 6.34. The SMILES string of the molecule is Cc1ccc(NC(=O)C(C)OC(=O)c2c(C)nn(-c3ccccc3)c2Cl)cc1F. The van der Waals surface area contributed by atoms with Crippen molar-refractivity contribution in [2.24, 2.45) is 0 Å². The van der Waals surface area contributed by atoms with E-state index in [-0.39, 0.29) is 16.4 Å². The predicted molar refractivity (Wildman–Crippen MR) is 108 cm³/mol. The van der Waals surface area contributed by atoms with E-state index in [2.05, 4.69) is 10.4 Å². The molecule has 0 fully saturated rings. The van der Waals surface area contributed by atoms with Crippen LogP contribution in [0.2, 0.25) is 5.15 Å². The van der Waals surface area contributed by atoms with Gasteiger partial charge in [-0.15, -0.1) is 0 Å². The van der Waals surface area contributed by atoms with Crippen LogP contribution in [0, 0.1) is 19.7 Å². The molecule has 1 aromatic heterocycles. The summed E-state index contributed by atoms with van der Waals surface area (Å²) < 4.78 is 20.3. The molecule has 1 N–H and O–H groups in total. The first kappa shape index (κ1) is 20.5. The first-order valence-electron chi connectivity index (χ1n) is 8.86. The summed E-state index contributed by atoms with van der Waals surface area (Å²) in [5.74, 6) is -1.80. The molecule has 0 spiro atoms. The number of aryl methyl sites for hydroxylation is 2. The Balaban J connectivity index is 1.73. The van der Waals surface area contributed by atoms with E-state index in [9.17, 15) is 14.0 Å². The Morgan fingerprint density at radius 1 is 1.17 bits per heavy atom. The van der Waals surface area contributed by atoms with Crippen LogP contribution in [0.15, 0.2) is 48.5 Å². The molecule has 1 unspecified atom stereocenters. The van der Waals surface area contributed by atoms with E-state index < -0.39 is 23.8 Å². The Labute approximate surface area is 172 Å². The number of esters is 1. The number of hydrogen-bond donors (Lipinski definition) is 1. The van der Waals surface area contributed by atoms with Gasteiger partial charge in [0.25, 0.3) is 5.91 Å². The van der Waals surface area contributed by atoms with Gasteiger partial charge in [0.05, 0.1) is 11.4 Å². The maximum atomic E-state index is 13.6. The number of para-hydroxylation sites is 1. The van der Waals surface area contributed by atoms with Crippen LogP contribution in [0.3, 0.4) is 0 Å². The Kier molecular flexibility index (Phi) is 5.98. The van der Waals surface area contributed by atoms with Crippen LogP contribution in [0.25, 0.3) is 5.69 Å². The molecule has 2 aromatic carbocycles. The lowest BCUT2D eigenvalue weighted by Gasteiger charge is -2.14. The Hall–Kier alpha value is -3.19. The lowest BCUT2D eigenvalue weighted by Crippen LogP contribution is -2.30. The number of carbonyl (C=O) groups excluding carboxylic acids is 2. The van der Waals surface area contributed by atoms with Crippen molar-refractivity contribution in [1.82, 2.24) is 9.78 Å². The van der Waals surface area contributed by atoms with Gasteiger partial charge >= 0.3 is 5.97 Å². The second-order valence-corrected chi connectivity index (χ2v) is 6.86. The quantitative estimate of drug-likeness (QED) is 0.624. The predicted octanol–water partition coefficient (Wildman–Crippen LogP) is 4.47. The molecule has 0 saturated carbocycles. The third kappa shape index (κ3) is 4.46. The van der Waals surface area contributed by atoms with Crippen LogP contribution < -0.4 is 5.32 Å².